The standard InChI is InChI=1S/C16H8Cl2FN5O3S/c17-9-2-4-13(10(18)6-9)27-7-14-20-21-16-23(14)22-15(28-16)8-1-3-11(19)12(5-8)24(25)26/h1-6H,7H2. The van der Waals surface area contributed by atoms with E-state index in [1.807, 2.05) is 0 Å². The van der Waals surface area contributed by atoms with Gasteiger partial charge in [-0.3, -0.25) is 10.1 Å². The lowest BCUT2D eigenvalue weighted by molar-refractivity contribution is -0.387. The Kier molecular flexibility index (Phi) is 4.84. The number of rotatable bonds is 5. The minimum atomic E-state index is -0.911. The van der Waals surface area contributed by atoms with Crippen molar-refractivity contribution in [2.45, 2.75) is 6.61 Å². The van der Waals surface area contributed by atoms with Crippen molar-refractivity contribution in [3.63, 3.8) is 0 Å². The molecule has 2 aromatic carbocycles. The van der Waals surface area contributed by atoms with Gasteiger partial charge in [0.15, 0.2) is 5.82 Å². The van der Waals surface area contributed by atoms with E-state index in [9.17, 15) is 14.5 Å². The van der Waals surface area contributed by atoms with E-state index in [0.717, 1.165) is 23.5 Å². The van der Waals surface area contributed by atoms with Crippen LogP contribution < -0.4 is 4.74 Å². The molecule has 28 heavy (non-hydrogen) atoms. The van der Waals surface area contributed by atoms with E-state index in [1.54, 1.807) is 18.2 Å². The van der Waals surface area contributed by atoms with E-state index in [1.165, 1.54) is 10.6 Å². The van der Waals surface area contributed by atoms with Crippen LogP contribution in [-0.2, 0) is 6.61 Å². The maximum absolute atomic E-state index is 13.5. The highest BCUT2D eigenvalue weighted by Gasteiger charge is 2.19. The number of nitrogens with zero attached hydrogens (tertiary/aromatic N) is 5. The smallest absolute Gasteiger partial charge is 0.305 e. The van der Waals surface area contributed by atoms with Crippen molar-refractivity contribution in [1.29, 1.82) is 0 Å². The van der Waals surface area contributed by atoms with Gasteiger partial charge in [0.1, 0.15) is 17.4 Å². The second-order valence-electron chi connectivity index (χ2n) is 5.50. The summed E-state index contributed by atoms with van der Waals surface area (Å²) in [6.07, 6.45) is 0. The average Bonchev–Trinajstić information content (AvgIpc) is 3.22. The van der Waals surface area contributed by atoms with Crippen LogP contribution in [0.1, 0.15) is 5.82 Å². The van der Waals surface area contributed by atoms with Gasteiger partial charge in [-0.05, 0) is 30.3 Å². The van der Waals surface area contributed by atoms with E-state index in [-0.39, 0.29) is 6.61 Å². The summed E-state index contributed by atoms with van der Waals surface area (Å²) >= 11 is 13.1. The molecule has 2 heterocycles. The molecule has 0 aliphatic rings. The van der Waals surface area contributed by atoms with Crippen LogP contribution in [0.15, 0.2) is 36.4 Å². The van der Waals surface area contributed by atoms with Crippen molar-refractivity contribution >= 4 is 45.2 Å². The molecule has 0 spiro atoms. The molecule has 142 valence electrons. The minimum Gasteiger partial charge on any atom is -0.484 e. The molecule has 2 aromatic heterocycles. The zero-order valence-corrected chi connectivity index (χ0v) is 16.0. The molecule has 0 fully saturated rings. The number of nitro benzene ring substituents is 1. The zero-order chi connectivity index (χ0) is 19.8. The Balaban J connectivity index is 1.62. The first-order valence-corrected chi connectivity index (χ1v) is 9.23. The topological polar surface area (TPSA) is 95.5 Å². The monoisotopic (exact) mass is 439 g/mol. The lowest BCUT2D eigenvalue weighted by Gasteiger charge is -2.06. The highest BCUT2D eigenvalue weighted by Crippen LogP contribution is 2.31. The summed E-state index contributed by atoms with van der Waals surface area (Å²) < 4.78 is 20.6. The molecule has 0 aliphatic carbocycles. The Morgan fingerprint density at radius 2 is 2.04 bits per heavy atom. The average molecular weight is 440 g/mol. The fraction of sp³-hybridized carbons (Fsp3) is 0.0625. The van der Waals surface area contributed by atoms with Gasteiger partial charge in [-0.25, -0.2) is 0 Å². The first kappa shape index (κ1) is 18.5. The number of halogens is 3. The first-order valence-electron chi connectivity index (χ1n) is 7.65. The van der Waals surface area contributed by atoms with E-state index in [2.05, 4.69) is 15.3 Å². The van der Waals surface area contributed by atoms with Gasteiger partial charge in [0.2, 0.25) is 10.8 Å². The number of hydrogen-bond donors (Lipinski definition) is 0. The molecule has 12 heteroatoms. The Bertz CT molecular complexity index is 1210. The number of nitro groups is 1. The van der Waals surface area contributed by atoms with Crippen molar-refractivity contribution in [2.24, 2.45) is 0 Å². The van der Waals surface area contributed by atoms with E-state index >= 15 is 0 Å². The first-order chi connectivity index (χ1) is 13.4. The Hall–Kier alpha value is -2.82. The quantitative estimate of drug-likeness (QED) is 0.327. The van der Waals surface area contributed by atoms with Gasteiger partial charge < -0.3 is 4.74 Å². The van der Waals surface area contributed by atoms with Gasteiger partial charge in [0.05, 0.1) is 9.95 Å². The van der Waals surface area contributed by atoms with Crippen LogP contribution in [0.3, 0.4) is 0 Å². The molecule has 0 N–H and O–H groups in total. The summed E-state index contributed by atoms with van der Waals surface area (Å²) in [5.41, 5.74) is -0.222. The SMILES string of the molecule is O=[N+]([O-])c1cc(-c2nn3c(COc4ccc(Cl)cc4Cl)nnc3s2)ccc1F. The normalized spacial score (nSPS) is 11.1. The molecule has 0 aliphatic heterocycles. The number of aromatic nitrogens is 4. The van der Waals surface area contributed by atoms with Crippen molar-refractivity contribution in [1.82, 2.24) is 19.8 Å². The van der Waals surface area contributed by atoms with Gasteiger partial charge in [0.25, 0.3) is 0 Å². The molecular weight excluding hydrogens is 432 g/mol. The van der Waals surface area contributed by atoms with Crippen LogP contribution in [0, 0.1) is 15.9 Å². The van der Waals surface area contributed by atoms with Crippen molar-refractivity contribution in [3.8, 4) is 16.3 Å². The molecule has 0 saturated carbocycles. The molecule has 0 unspecified atom stereocenters. The van der Waals surface area contributed by atoms with Crippen LogP contribution in [0.4, 0.5) is 10.1 Å². The summed E-state index contributed by atoms with van der Waals surface area (Å²) in [6.45, 7) is 0.0370. The zero-order valence-electron chi connectivity index (χ0n) is 13.7. The molecular formula is C16H8Cl2FN5O3S. The third-order valence-corrected chi connectivity index (χ3v) is 5.17. The van der Waals surface area contributed by atoms with Crippen molar-refractivity contribution in [3.05, 3.63) is 68.2 Å². The Morgan fingerprint density at radius 1 is 1.21 bits per heavy atom. The highest BCUT2D eigenvalue weighted by molar-refractivity contribution is 7.19. The van der Waals surface area contributed by atoms with Gasteiger partial charge in [0, 0.05) is 16.7 Å². The van der Waals surface area contributed by atoms with E-state index in [0.29, 0.717) is 37.2 Å². The van der Waals surface area contributed by atoms with Crippen LogP contribution in [0.5, 0.6) is 5.75 Å². The Labute approximate surface area is 170 Å². The lowest BCUT2D eigenvalue weighted by Crippen LogP contribution is -2.02. The van der Waals surface area contributed by atoms with Crippen molar-refractivity contribution in [2.75, 3.05) is 0 Å². The van der Waals surface area contributed by atoms with Gasteiger partial charge >= 0.3 is 5.69 Å². The highest BCUT2D eigenvalue weighted by atomic mass is 35.5. The van der Waals surface area contributed by atoms with Gasteiger partial charge in [-0.1, -0.05) is 34.5 Å². The lowest BCUT2D eigenvalue weighted by atomic mass is 10.2. The molecule has 4 rings (SSSR count). The van der Waals surface area contributed by atoms with Crippen LogP contribution in [0.25, 0.3) is 15.5 Å². The predicted molar refractivity (Wildman–Crippen MR) is 102 cm³/mol. The number of ether oxygens (including phenoxy) is 1. The third-order valence-electron chi connectivity index (χ3n) is 3.70. The second-order valence-corrected chi connectivity index (χ2v) is 7.30. The van der Waals surface area contributed by atoms with Gasteiger partial charge in [-0.2, -0.15) is 14.0 Å². The fourth-order valence-corrected chi connectivity index (χ4v) is 3.70. The van der Waals surface area contributed by atoms with Gasteiger partial charge in [-0.15, -0.1) is 10.2 Å². The predicted octanol–water partition coefficient (Wildman–Crippen LogP) is 4.79. The fourth-order valence-electron chi connectivity index (χ4n) is 2.38. The van der Waals surface area contributed by atoms with Crippen molar-refractivity contribution < 1.29 is 14.1 Å². The van der Waals surface area contributed by atoms with E-state index < -0.39 is 16.4 Å². The van der Waals surface area contributed by atoms with Crippen LogP contribution >= 0.6 is 34.5 Å². The summed E-state index contributed by atoms with van der Waals surface area (Å²) in [5.74, 6) is -0.0850. The van der Waals surface area contributed by atoms with Crippen LogP contribution in [0.2, 0.25) is 10.0 Å². The Morgan fingerprint density at radius 3 is 2.79 bits per heavy atom. The summed E-state index contributed by atoms with van der Waals surface area (Å²) in [4.78, 5) is 10.6. The number of fused-ring (bicyclic) bond motifs is 1. The maximum Gasteiger partial charge on any atom is 0.305 e. The third kappa shape index (κ3) is 3.49. The molecule has 0 saturated heterocycles. The summed E-state index contributed by atoms with van der Waals surface area (Å²) in [7, 11) is 0. The van der Waals surface area contributed by atoms with Crippen LogP contribution in [-0.4, -0.2) is 24.7 Å². The molecule has 0 atom stereocenters. The second kappa shape index (κ2) is 7.30. The maximum atomic E-state index is 13.5. The number of benzene rings is 2. The molecule has 8 nitrogen and oxygen atoms in total. The molecule has 0 radical (unpaired) electrons. The molecule has 0 amide bonds. The van der Waals surface area contributed by atoms with E-state index in [4.69, 9.17) is 27.9 Å². The summed E-state index contributed by atoms with van der Waals surface area (Å²) in [5, 5.41) is 24.6. The molecule has 0 bridgehead atoms. The minimum absolute atomic E-state index is 0.0370. The number of hydrogen-bond acceptors (Lipinski definition) is 7. The summed E-state index contributed by atoms with van der Waals surface area (Å²) in [6, 6.07) is 8.41. The molecule has 4 aromatic rings. The largest absolute Gasteiger partial charge is 0.484 e.